The molecule has 0 N–H and O–H groups in total. The largest absolute Gasteiger partial charge is 0.192 e. The minimum Gasteiger partial charge on any atom is -0.192 e. The molecule has 3 rings (SSSR count). The van der Waals surface area contributed by atoms with Crippen LogP contribution in [0.1, 0.15) is 10.4 Å². The van der Waals surface area contributed by atoms with Crippen molar-refractivity contribution in [1.82, 2.24) is 0 Å². The van der Waals surface area contributed by atoms with Gasteiger partial charge in [0.05, 0.1) is 0 Å². The lowest BCUT2D eigenvalue weighted by atomic mass is 9.97. The summed E-state index contributed by atoms with van der Waals surface area (Å²) in [5.41, 5.74) is 3.62. The Hall–Kier alpha value is -2.11. The van der Waals surface area contributed by atoms with Crippen molar-refractivity contribution in [1.29, 1.82) is 5.26 Å². The molecule has 0 spiro atoms. The number of nitriles is 1. The summed E-state index contributed by atoms with van der Waals surface area (Å²) in [6.45, 7) is 2.13. The van der Waals surface area contributed by atoms with E-state index in [2.05, 4.69) is 54.8 Å². The van der Waals surface area contributed by atoms with Gasteiger partial charge in [-0.3, -0.25) is 0 Å². The molecule has 86 valence electrons. The molecule has 0 atom stereocenters. The zero-order valence-corrected chi connectivity index (χ0v) is 10.8. The van der Waals surface area contributed by atoms with Crippen molar-refractivity contribution in [3.63, 3.8) is 0 Å². The lowest BCUT2D eigenvalue weighted by Crippen LogP contribution is -1.82. The number of rotatable bonds is 1. The zero-order chi connectivity index (χ0) is 12.5. The van der Waals surface area contributed by atoms with Crippen molar-refractivity contribution >= 4 is 22.1 Å². The number of hydrogen-bond donors (Lipinski definition) is 0. The molecule has 2 aromatic carbocycles. The summed E-state index contributed by atoms with van der Waals surface area (Å²) in [6.07, 6.45) is 0. The highest BCUT2D eigenvalue weighted by molar-refractivity contribution is 7.10. The average Bonchev–Trinajstić information content (AvgIpc) is 2.88. The highest BCUT2D eigenvalue weighted by atomic mass is 32.1. The van der Waals surface area contributed by atoms with E-state index in [4.69, 9.17) is 5.26 Å². The molecular formula is C16H11NS. The van der Waals surface area contributed by atoms with Gasteiger partial charge in [-0.2, -0.15) is 5.26 Å². The Bertz CT molecular complexity index is 762. The second kappa shape index (κ2) is 4.29. The highest BCUT2D eigenvalue weighted by Crippen LogP contribution is 2.32. The van der Waals surface area contributed by atoms with Crippen LogP contribution in [0.5, 0.6) is 0 Å². The van der Waals surface area contributed by atoms with E-state index in [0.29, 0.717) is 0 Å². The topological polar surface area (TPSA) is 23.8 Å². The fourth-order valence-corrected chi connectivity index (χ4v) is 2.93. The summed E-state index contributed by atoms with van der Waals surface area (Å²) in [5, 5.41) is 13.5. The molecule has 2 heteroatoms. The SMILES string of the molecule is Cc1ccc(-c2csc(C#N)c2)c2ccccc12. The van der Waals surface area contributed by atoms with Crippen molar-refractivity contribution in [2.75, 3.05) is 0 Å². The predicted octanol–water partition coefficient (Wildman–Crippen LogP) is 4.75. The van der Waals surface area contributed by atoms with Crippen LogP contribution in [-0.2, 0) is 0 Å². The van der Waals surface area contributed by atoms with Gasteiger partial charge in [0, 0.05) is 0 Å². The lowest BCUT2D eigenvalue weighted by molar-refractivity contribution is 1.52. The van der Waals surface area contributed by atoms with Crippen LogP contribution < -0.4 is 0 Å². The Kier molecular flexibility index (Phi) is 2.62. The van der Waals surface area contributed by atoms with Gasteiger partial charge >= 0.3 is 0 Å². The monoisotopic (exact) mass is 249 g/mol. The molecule has 0 aliphatic heterocycles. The minimum atomic E-state index is 0.759. The highest BCUT2D eigenvalue weighted by Gasteiger charge is 2.07. The molecule has 0 saturated carbocycles. The van der Waals surface area contributed by atoms with Crippen LogP contribution in [0.15, 0.2) is 47.8 Å². The van der Waals surface area contributed by atoms with E-state index >= 15 is 0 Å². The van der Waals surface area contributed by atoms with Gasteiger partial charge < -0.3 is 0 Å². The molecule has 3 aromatic rings. The molecule has 0 saturated heterocycles. The maximum absolute atomic E-state index is 8.92. The predicted molar refractivity (Wildman–Crippen MR) is 76.7 cm³/mol. The van der Waals surface area contributed by atoms with Crippen LogP contribution >= 0.6 is 11.3 Å². The van der Waals surface area contributed by atoms with Crippen molar-refractivity contribution in [3.8, 4) is 17.2 Å². The van der Waals surface area contributed by atoms with E-state index in [1.165, 1.54) is 33.2 Å². The van der Waals surface area contributed by atoms with Crippen LogP contribution in [-0.4, -0.2) is 0 Å². The quantitative estimate of drug-likeness (QED) is 0.610. The molecule has 0 unspecified atom stereocenters. The average molecular weight is 249 g/mol. The van der Waals surface area contributed by atoms with E-state index in [1.54, 1.807) is 0 Å². The summed E-state index contributed by atoms with van der Waals surface area (Å²) >= 11 is 1.50. The molecule has 0 fully saturated rings. The standard InChI is InChI=1S/C16H11NS/c1-11-6-7-15(12-8-13(9-17)18-10-12)16-5-3-2-4-14(11)16/h2-8,10H,1H3. The number of thiophene rings is 1. The van der Waals surface area contributed by atoms with Crippen molar-refractivity contribution in [2.24, 2.45) is 0 Å². The second-order valence-corrected chi connectivity index (χ2v) is 5.20. The number of hydrogen-bond acceptors (Lipinski definition) is 2. The molecule has 1 nitrogen and oxygen atoms in total. The Morgan fingerprint density at radius 2 is 1.83 bits per heavy atom. The fraction of sp³-hybridized carbons (Fsp3) is 0.0625. The number of nitrogens with zero attached hydrogens (tertiary/aromatic N) is 1. The number of aryl methyl sites for hydroxylation is 1. The summed E-state index contributed by atoms with van der Waals surface area (Å²) in [6, 6.07) is 16.8. The molecule has 1 heterocycles. The van der Waals surface area contributed by atoms with Gasteiger partial charge in [0.2, 0.25) is 0 Å². The van der Waals surface area contributed by atoms with Gasteiger partial charge in [-0.1, -0.05) is 36.4 Å². The zero-order valence-electron chi connectivity index (χ0n) is 9.97. The Labute approximate surface area is 110 Å². The third-order valence-electron chi connectivity index (χ3n) is 3.16. The molecule has 0 amide bonds. The normalized spacial score (nSPS) is 10.4. The summed E-state index contributed by atoms with van der Waals surface area (Å²) in [7, 11) is 0. The number of fused-ring (bicyclic) bond motifs is 1. The van der Waals surface area contributed by atoms with E-state index in [9.17, 15) is 0 Å². The smallest absolute Gasteiger partial charge is 0.110 e. The van der Waals surface area contributed by atoms with Crippen molar-refractivity contribution in [2.45, 2.75) is 6.92 Å². The first-order valence-corrected chi connectivity index (χ1v) is 6.65. The summed E-state index contributed by atoms with van der Waals surface area (Å²) in [4.78, 5) is 0.759. The summed E-state index contributed by atoms with van der Waals surface area (Å²) in [5.74, 6) is 0. The van der Waals surface area contributed by atoms with E-state index in [0.717, 1.165) is 10.4 Å². The third-order valence-corrected chi connectivity index (χ3v) is 4.00. The van der Waals surface area contributed by atoms with Gasteiger partial charge in [0.25, 0.3) is 0 Å². The van der Waals surface area contributed by atoms with E-state index in [1.807, 2.05) is 6.07 Å². The van der Waals surface area contributed by atoms with Crippen molar-refractivity contribution in [3.05, 3.63) is 58.3 Å². The van der Waals surface area contributed by atoms with Gasteiger partial charge in [0.1, 0.15) is 10.9 Å². The lowest BCUT2D eigenvalue weighted by Gasteiger charge is -2.07. The van der Waals surface area contributed by atoms with Crippen LogP contribution in [0.25, 0.3) is 21.9 Å². The van der Waals surface area contributed by atoms with Gasteiger partial charge in [-0.25, -0.2) is 0 Å². The van der Waals surface area contributed by atoms with Crippen LogP contribution in [0.4, 0.5) is 0 Å². The minimum absolute atomic E-state index is 0.759. The van der Waals surface area contributed by atoms with Crippen LogP contribution in [0.2, 0.25) is 0 Å². The molecule has 18 heavy (non-hydrogen) atoms. The summed E-state index contributed by atoms with van der Waals surface area (Å²) < 4.78 is 0. The molecular weight excluding hydrogens is 238 g/mol. The molecule has 0 aliphatic carbocycles. The maximum Gasteiger partial charge on any atom is 0.110 e. The Morgan fingerprint density at radius 1 is 1.06 bits per heavy atom. The maximum atomic E-state index is 8.92. The van der Waals surface area contributed by atoms with E-state index in [-0.39, 0.29) is 0 Å². The first-order chi connectivity index (χ1) is 8.79. The first-order valence-electron chi connectivity index (χ1n) is 5.77. The van der Waals surface area contributed by atoms with E-state index < -0.39 is 0 Å². The molecule has 0 radical (unpaired) electrons. The van der Waals surface area contributed by atoms with Crippen molar-refractivity contribution < 1.29 is 0 Å². The Morgan fingerprint density at radius 3 is 2.56 bits per heavy atom. The Balaban J connectivity index is 2.30. The van der Waals surface area contributed by atoms with Gasteiger partial charge in [-0.05, 0) is 45.8 Å². The second-order valence-electron chi connectivity index (χ2n) is 4.29. The fourth-order valence-electron chi connectivity index (χ4n) is 2.24. The molecule has 0 aliphatic rings. The third kappa shape index (κ3) is 1.70. The van der Waals surface area contributed by atoms with Gasteiger partial charge in [0.15, 0.2) is 0 Å². The molecule has 1 aromatic heterocycles. The van der Waals surface area contributed by atoms with Crippen LogP contribution in [0.3, 0.4) is 0 Å². The van der Waals surface area contributed by atoms with Gasteiger partial charge in [-0.15, -0.1) is 11.3 Å². The van der Waals surface area contributed by atoms with Crippen LogP contribution in [0, 0.1) is 18.3 Å². The molecule has 0 bridgehead atoms. The number of benzene rings is 2. The first kappa shape index (κ1) is 11.0.